The predicted molar refractivity (Wildman–Crippen MR) is 58.2 cm³/mol. The predicted octanol–water partition coefficient (Wildman–Crippen LogP) is 3.05. The largest absolute Gasteiger partial charge is 0.381 e. The van der Waals surface area contributed by atoms with Gasteiger partial charge in [0.25, 0.3) is 5.69 Å². The number of benzene rings is 1. The highest BCUT2D eigenvalue weighted by Crippen LogP contribution is 2.21. The third-order valence-corrected chi connectivity index (χ3v) is 2.20. The molecule has 5 heteroatoms. The minimum absolute atomic E-state index is 0.0517. The molecule has 15 heavy (non-hydrogen) atoms. The molecule has 1 aliphatic heterocycles. The van der Waals surface area contributed by atoms with Gasteiger partial charge >= 0.3 is 0 Å². The molecule has 0 aliphatic carbocycles. The van der Waals surface area contributed by atoms with Crippen LogP contribution >= 0.6 is 11.6 Å². The second-order valence-electron chi connectivity index (χ2n) is 3.03. The van der Waals surface area contributed by atoms with Crippen molar-refractivity contribution in [3.8, 4) is 0 Å². The van der Waals surface area contributed by atoms with Crippen LogP contribution in [0.15, 0.2) is 24.3 Å². The molecule has 1 heterocycles. The van der Waals surface area contributed by atoms with Crippen molar-refractivity contribution in [1.82, 2.24) is 0 Å². The summed E-state index contributed by atoms with van der Waals surface area (Å²) in [5.41, 5.74) is -0.0517. The molecule has 2 rings (SSSR count). The lowest BCUT2D eigenvalue weighted by atomic mass is 10.3. The molecular formula is C10H12ClNO3. The lowest BCUT2D eigenvalue weighted by molar-refractivity contribution is -0.384. The third kappa shape index (κ3) is 4.27. The Kier molecular flexibility index (Phi) is 5.07. The molecule has 0 saturated carbocycles. The maximum atomic E-state index is 10.1. The van der Waals surface area contributed by atoms with Gasteiger partial charge in [-0.15, -0.1) is 0 Å². The third-order valence-electron chi connectivity index (χ3n) is 1.88. The van der Waals surface area contributed by atoms with Crippen molar-refractivity contribution in [2.75, 3.05) is 13.2 Å². The van der Waals surface area contributed by atoms with Crippen molar-refractivity contribution in [1.29, 1.82) is 0 Å². The number of halogens is 1. The molecular weight excluding hydrogens is 218 g/mol. The Bertz CT molecular complexity index is 319. The molecule has 0 spiro atoms. The standard InChI is InChI=1S/C6H4ClNO2.C4H8O/c7-5-3-1-2-4-6(5)8(9)10;1-2-4-5-3-1/h1-4H;1-4H2. The maximum Gasteiger partial charge on any atom is 0.287 e. The number of para-hydroxylation sites is 1. The van der Waals surface area contributed by atoms with Crippen LogP contribution < -0.4 is 0 Å². The monoisotopic (exact) mass is 229 g/mol. The van der Waals surface area contributed by atoms with Crippen molar-refractivity contribution in [3.63, 3.8) is 0 Å². The quantitative estimate of drug-likeness (QED) is 0.549. The van der Waals surface area contributed by atoms with E-state index >= 15 is 0 Å². The summed E-state index contributed by atoms with van der Waals surface area (Å²) in [4.78, 5) is 9.63. The molecule has 0 unspecified atom stereocenters. The molecule has 0 bridgehead atoms. The van der Waals surface area contributed by atoms with E-state index in [-0.39, 0.29) is 10.7 Å². The van der Waals surface area contributed by atoms with Crippen LogP contribution in [0.2, 0.25) is 5.02 Å². The second kappa shape index (κ2) is 6.37. The first-order valence-corrected chi connectivity index (χ1v) is 5.06. The summed E-state index contributed by atoms with van der Waals surface area (Å²) in [5.74, 6) is 0. The van der Waals surface area contributed by atoms with Crippen LogP contribution in [0, 0.1) is 10.1 Å². The molecule has 0 aromatic heterocycles. The molecule has 1 saturated heterocycles. The van der Waals surface area contributed by atoms with E-state index < -0.39 is 4.92 Å². The van der Waals surface area contributed by atoms with Gasteiger partial charge in [0.1, 0.15) is 5.02 Å². The SMILES string of the molecule is C1CCOC1.O=[N+]([O-])c1ccccc1Cl. The van der Waals surface area contributed by atoms with E-state index in [4.69, 9.17) is 16.3 Å². The highest BCUT2D eigenvalue weighted by molar-refractivity contribution is 6.32. The molecule has 1 aliphatic rings. The molecule has 1 fully saturated rings. The molecule has 0 radical (unpaired) electrons. The number of nitro benzene ring substituents is 1. The zero-order valence-corrected chi connectivity index (χ0v) is 8.94. The summed E-state index contributed by atoms with van der Waals surface area (Å²) in [6.07, 6.45) is 2.56. The second-order valence-corrected chi connectivity index (χ2v) is 3.44. The Labute approximate surface area is 93.0 Å². The summed E-state index contributed by atoms with van der Waals surface area (Å²) < 4.78 is 4.94. The van der Waals surface area contributed by atoms with E-state index in [2.05, 4.69) is 0 Å². The summed E-state index contributed by atoms with van der Waals surface area (Å²) in [6.45, 7) is 2.00. The smallest absolute Gasteiger partial charge is 0.287 e. The Hall–Kier alpha value is -1.13. The fourth-order valence-electron chi connectivity index (χ4n) is 1.11. The van der Waals surface area contributed by atoms with Gasteiger partial charge in [0.05, 0.1) is 4.92 Å². The van der Waals surface area contributed by atoms with E-state index in [9.17, 15) is 10.1 Å². The van der Waals surface area contributed by atoms with Gasteiger partial charge in [-0.3, -0.25) is 10.1 Å². The highest BCUT2D eigenvalue weighted by atomic mass is 35.5. The first-order valence-electron chi connectivity index (χ1n) is 4.68. The average molecular weight is 230 g/mol. The molecule has 82 valence electrons. The van der Waals surface area contributed by atoms with Crippen molar-refractivity contribution in [2.24, 2.45) is 0 Å². The van der Waals surface area contributed by atoms with Crippen LogP contribution in [0.25, 0.3) is 0 Å². The van der Waals surface area contributed by atoms with Crippen LogP contribution in [-0.4, -0.2) is 18.1 Å². The van der Waals surface area contributed by atoms with E-state index in [1.165, 1.54) is 25.0 Å². The van der Waals surface area contributed by atoms with E-state index in [1.54, 1.807) is 12.1 Å². The summed E-state index contributed by atoms with van der Waals surface area (Å²) >= 11 is 5.48. The van der Waals surface area contributed by atoms with E-state index in [0.29, 0.717) is 0 Å². The molecule has 1 aromatic carbocycles. The van der Waals surface area contributed by atoms with Gasteiger partial charge in [0.2, 0.25) is 0 Å². The first kappa shape index (κ1) is 11.9. The van der Waals surface area contributed by atoms with Gasteiger partial charge in [-0.05, 0) is 18.9 Å². The lowest BCUT2D eigenvalue weighted by Crippen LogP contribution is -1.87. The zero-order chi connectivity index (χ0) is 11.1. The van der Waals surface area contributed by atoms with Crippen LogP contribution in [0.1, 0.15) is 12.8 Å². The number of nitro groups is 1. The van der Waals surface area contributed by atoms with Gasteiger partial charge in [-0.25, -0.2) is 0 Å². The minimum Gasteiger partial charge on any atom is -0.381 e. The van der Waals surface area contributed by atoms with Gasteiger partial charge < -0.3 is 4.74 Å². The molecule has 0 atom stereocenters. The summed E-state index contributed by atoms with van der Waals surface area (Å²) in [5, 5.41) is 10.3. The Morgan fingerprint density at radius 3 is 2.20 bits per heavy atom. The van der Waals surface area contributed by atoms with Crippen LogP contribution in [0.5, 0.6) is 0 Å². The van der Waals surface area contributed by atoms with E-state index in [1.807, 2.05) is 0 Å². The first-order chi connectivity index (χ1) is 7.22. The highest BCUT2D eigenvalue weighted by Gasteiger charge is 2.08. The van der Waals surface area contributed by atoms with E-state index in [0.717, 1.165) is 13.2 Å². The molecule has 0 amide bonds. The lowest BCUT2D eigenvalue weighted by Gasteiger charge is -1.90. The minimum atomic E-state index is -0.512. The van der Waals surface area contributed by atoms with Crippen LogP contribution in [-0.2, 0) is 4.74 Å². The number of ether oxygens (including phenoxy) is 1. The van der Waals surface area contributed by atoms with Crippen molar-refractivity contribution in [3.05, 3.63) is 39.4 Å². The van der Waals surface area contributed by atoms with Gasteiger partial charge in [0, 0.05) is 19.3 Å². The fourth-order valence-corrected chi connectivity index (χ4v) is 1.31. The van der Waals surface area contributed by atoms with Crippen molar-refractivity contribution >= 4 is 17.3 Å². The average Bonchev–Trinajstić information content (AvgIpc) is 2.75. The number of rotatable bonds is 1. The van der Waals surface area contributed by atoms with Gasteiger partial charge in [-0.1, -0.05) is 23.7 Å². The Morgan fingerprint density at radius 1 is 1.27 bits per heavy atom. The number of hydrogen-bond donors (Lipinski definition) is 0. The normalized spacial score (nSPS) is 14.2. The molecule has 0 N–H and O–H groups in total. The van der Waals surface area contributed by atoms with Gasteiger partial charge in [0.15, 0.2) is 0 Å². The Morgan fingerprint density at radius 2 is 1.87 bits per heavy atom. The fraction of sp³-hybridized carbons (Fsp3) is 0.400. The van der Waals surface area contributed by atoms with Crippen molar-refractivity contribution in [2.45, 2.75) is 12.8 Å². The summed E-state index contributed by atoms with van der Waals surface area (Å²) in [7, 11) is 0. The number of nitrogens with zero attached hydrogens (tertiary/aromatic N) is 1. The summed E-state index contributed by atoms with van der Waals surface area (Å²) in [6, 6.07) is 6.07. The number of hydrogen-bond acceptors (Lipinski definition) is 3. The topological polar surface area (TPSA) is 52.4 Å². The van der Waals surface area contributed by atoms with Crippen LogP contribution in [0.4, 0.5) is 5.69 Å². The zero-order valence-electron chi connectivity index (χ0n) is 8.19. The van der Waals surface area contributed by atoms with Gasteiger partial charge in [-0.2, -0.15) is 0 Å². The van der Waals surface area contributed by atoms with Crippen LogP contribution in [0.3, 0.4) is 0 Å². The maximum absolute atomic E-state index is 10.1. The van der Waals surface area contributed by atoms with Crippen molar-refractivity contribution < 1.29 is 9.66 Å². The molecule has 4 nitrogen and oxygen atoms in total. The Balaban J connectivity index is 0.000000187. The molecule has 1 aromatic rings.